The first kappa shape index (κ1) is 14.5. The summed E-state index contributed by atoms with van der Waals surface area (Å²) in [7, 11) is 0. The zero-order chi connectivity index (χ0) is 15.4. The minimum absolute atomic E-state index is 0.0341. The highest BCUT2D eigenvalue weighted by molar-refractivity contribution is 5.95. The molecule has 1 saturated heterocycles. The molecule has 0 saturated carbocycles. The van der Waals surface area contributed by atoms with Gasteiger partial charge in [0.15, 0.2) is 11.6 Å². The maximum atomic E-state index is 14.1. The Labute approximate surface area is 127 Å². The third kappa shape index (κ3) is 3.26. The molecule has 1 atom stereocenters. The van der Waals surface area contributed by atoms with Gasteiger partial charge in [0.1, 0.15) is 17.5 Å². The minimum Gasteiger partial charge on any atom is -0.455 e. The third-order valence-corrected chi connectivity index (χ3v) is 3.42. The number of carbonyl (C=O) groups is 1. The quantitative estimate of drug-likeness (QED) is 0.936. The van der Waals surface area contributed by atoms with Crippen LogP contribution in [0.4, 0.5) is 10.1 Å². The SMILES string of the molecule is O=C(Nc1c(F)cccc1Oc1ccccc1)[C@H]1CCCO1. The van der Waals surface area contributed by atoms with Crippen LogP contribution in [0.1, 0.15) is 12.8 Å². The van der Waals surface area contributed by atoms with Gasteiger partial charge in [-0.3, -0.25) is 4.79 Å². The van der Waals surface area contributed by atoms with Crippen molar-refractivity contribution in [2.45, 2.75) is 18.9 Å². The third-order valence-electron chi connectivity index (χ3n) is 3.42. The summed E-state index contributed by atoms with van der Waals surface area (Å²) in [5, 5.41) is 2.58. The fourth-order valence-electron chi connectivity index (χ4n) is 2.31. The fourth-order valence-corrected chi connectivity index (χ4v) is 2.31. The topological polar surface area (TPSA) is 47.6 Å². The minimum atomic E-state index is -0.542. The molecule has 5 heteroatoms. The van der Waals surface area contributed by atoms with Gasteiger partial charge >= 0.3 is 0 Å². The predicted octanol–water partition coefficient (Wildman–Crippen LogP) is 3.74. The summed E-state index contributed by atoms with van der Waals surface area (Å²) in [5.41, 5.74) is 0.0341. The molecule has 1 N–H and O–H groups in total. The summed E-state index contributed by atoms with van der Waals surface area (Å²) in [4.78, 5) is 12.1. The van der Waals surface area contributed by atoms with Crippen molar-refractivity contribution < 1.29 is 18.7 Å². The number of hydrogen-bond donors (Lipinski definition) is 1. The van der Waals surface area contributed by atoms with Crippen LogP contribution in [0.2, 0.25) is 0 Å². The smallest absolute Gasteiger partial charge is 0.253 e. The van der Waals surface area contributed by atoms with E-state index in [1.54, 1.807) is 18.2 Å². The molecule has 2 aromatic rings. The van der Waals surface area contributed by atoms with Crippen molar-refractivity contribution in [3.8, 4) is 11.5 Å². The van der Waals surface area contributed by atoms with Crippen LogP contribution in [-0.2, 0) is 9.53 Å². The zero-order valence-electron chi connectivity index (χ0n) is 11.9. The molecular formula is C17H16FNO3. The van der Waals surface area contributed by atoms with E-state index < -0.39 is 11.9 Å². The van der Waals surface area contributed by atoms with E-state index in [1.165, 1.54) is 12.1 Å². The van der Waals surface area contributed by atoms with Crippen LogP contribution in [0.25, 0.3) is 0 Å². The van der Waals surface area contributed by atoms with Crippen molar-refractivity contribution >= 4 is 11.6 Å². The number of ether oxygens (including phenoxy) is 2. The number of carbonyl (C=O) groups excluding carboxylic acids is 1. The normalized spacial score (nSPS) is 17.2. The van der Waals surface area contributed by atoms with Crippen molar-refractivity contribution in [3.63, 3.8) is 0 Å². The largest absolute Gasteiger partial charge is 0.455 e. The number of rotatable bonds is 4. The van der Waals surface area contributed by atoms with Crippen molar-refractivity contribution in [2.24, 2.45) is 0 Å². The Morgan fingerprint density at radius 2 is 2.00 bits per heavy atom. The number of amides is 1. The standard InChI is InChI=1S/C17H16FNO3/c18-13-8-4-9-14(22-12-6-2-1-3-7-12)16(13)19-17(20)15-10-5-11-21-15/h1-4,6-9,15H,5,10-11H2,(H,19,20)/t15-/m1/s1. The number of anilines is 1. The van der Waals surface area contributed by atoms with Gasteiger partial charge in [0.25, 0.3) is 5.91 Å². The van der Waals surface area contributed by atoms with Crippen LogP contribution in [0.3, 0.4) is 0 Å². The van der Waals surface area contributed by atoms with E-state index in [0.717, 1.165) is 6.42 Å². The molecule has 22 heavy (non-hydrogen) atoms. The maximum Gasteiger partial charge on any atom is 0.253 e. The van der Waals surface area contributed by atoms with E-state index in [0.29, 0.717) is 18.8 Å². The second-order valence-corrected chi connectivity index (χ2v) is 5.02. The monoisotopic (exact) mass is 301 g/mol. The second kappa shape index (κ2) is 6.58. The van der Waals surface area contributed by atoms with E-state index in [4.69, 9.17) is 9.47 Å². The van der Waals surface area contributed by atoms with Crippen LogP contribution in [0.15, 0.2) is 48.5 Å². The number of halogens is 1. The van der Waals surface area contributed by atoms with E-state index >= 15 is 0 Å². The number of benzene rings is 2. The van der Waals surface area contributed by atoms with Crippen LogP contribution in [-0.4, -0.2) is 18.6 Å². The highest BCUT2D eigenvalue weighted by atomic mass is 19.1. The molecule has 1 amide bonds. The van der Waals surface area contributed by atoms with Gasteiger partial charge in [-0.05, 0) is 37.1 Å². The molecule has 4 nitrogen and oxygen atoms in total. The Hall–Kier alpha value is -2.40. The highest BCUT2D eigenvalue weighted by Crippen LogP contribution is 2.32. The average molecular weight is 301 g/mol. The van der Waals surface area contributed by atoms with Gasteiger partial charge in [-0.25, -0.2) is 4.39 Å². The van der Waals surface area contributed by atoms with Gasteiger partial charge in [-0.2, -0.15) is 0 Å². The molecule has 0 spiro atoms. The van der Waals surface area contributed by atoms with Crippen LogP contribution >= 0.6 is 0 Å². The molecule has 0 unspecified atom stereocenters. The lowest BCUT2D eigenvalue weighted by molar-refractivity contribution is -0.124. The van der Waals surface area contributed by atoms with Crippen molar-refractivity contribution in [1.82, 2.24) is 0 Å². The summed E-state index contributed by atoms with van der Waals surface area (Å²) in [6.07, 6.45) is 0.960. The number of nitrogens with one attached hydrogen (secondary N) is 1. The summed E-state index contributed by atoms with van der Waals surface area (Å²) in [6, 6.07) is 13.4. The number of para-hydroxylation sites is 2. The van der Waals surface area contributed by atoms with E-state index in [9.17, 15) is 9.18 Å². The molecule has 2 aromatic carbocycles. The Balaban J connectivity index is 1.81. The van der Waals surface area contributed by atoms with E-state index in [-0.39, 0.29) is 17.3 Å². The first-order chi connectivity index (χ1) is 10.7. The van der Waals surface area contributed by atoms with E-state index in [1.807, 2.05) is 18.2 Å². The van der Waals surface area contributed by atoms with Crippen LogP contribution in [0, 0.1) is 5.82 Å². The highest BCUT2D eigenvalue weighted by Gasteiger charge is 2.25. The lowest BCUT2D eigenvalue weighted by atomic mass is 10.2. The summed E-state index contributed by atoms with van der Waals surface area (Å²) in [5.74, 6) is -0.0569. The second-order valence-electron chi connectivity index (χ2n) is 5.02. The summed E-state index contributed by atoms with van der Waals surface area (Å²) < 4.78 is 25.0. The maximum absolute atomic E-state index is 14.1. The van der Waals surface area contributed by atoms with Gasteiger partial charge in [0.05, 0.1) is 0 Å². The fraction of sp³-hybridized carbons (Fsp3) is 0.235. The summed E-state index contributed by atoms with van der Waals surface area (Å²) in [6.45, 7) is 0.558. The molecule has 0 aliphatic carbocycles. The Morgan fingerprint density at radius 3 is 2.73 bits per heavy atom. The molecule has 1 fully saturated rings. The Bertz CT molecular complexity index is 654. The first-order valence-corrected chi connectivity index (χ1v) is 7.18. The Kier molecular flexibility index (Phi) is 4.34. The average Bonchev–Trinajstić information content (AvgIpc) is 3.06. The molecule has 3 rings (SSSR count). The van der Waals surface area contributed by atoms with Crippen molar-refractivity contribution in [2.75, 3.05) is 11.9 Å². The van der Waals surface area contributed by atoms with Gasteiger partial charge < -0.3 is 14.8 Å². The lowest BCUT2D eigenvalue weighted by Crippen LogP contribution is -2.27. The lowest BCUT2D eigenvalue weighted by Gasteiger charge is -2.15. The van der Waals surface area contributed by atoms with E-state index in [2.05, 4.69) is 5.32 Å². The molecule has 114 valence electrons. The molecule has 0 bridgehead atoms. The molecular weight excluding hydrogens is 285 g/mol. The molecule has 0 aromatic heterocycles. The first-order valence-electron chi connectivity index (χ1n) is 7.18. The van der Waals surface area contributed by atoms with Gasteiger partial charge in [0, 0.05) is 6.61 Å². The molecule has 0 radical (unpaired) electrons. The summed E-state index contributed by atoms with van der Waals surface area (Å²) >= 11 is 0. The zero-order valence-corrected chi connectivity index (χ0v) is 11.9. The predicted molar refractivity (Wildman–Crippen MR) is 80.5 cm³/mol. The van der Waals surface area contributed by atoms with Gasteiger partial charge in [-0.1, -0.05) is 24.3 Å². The molecule has 1 heterocycles. The Morgan fingerprint density at radius 1 is 1.18 bits per heavy atom. The van der Waals surface area contributed by atoms with Gasteiger partial charge in [0.2, 0.25) is 0 Å². The van der Waals surface area contributed by atoms with Crippen molar-refractivity contribution in [1.29, 1.82) is 0 Å². The van der Waals surface area contributed by atoms with Crippen LogP contribution in [0.5, 0.6) is 11.5 Å². The van der Waals surface area contributed by atoms with Crippen LogP contribution < -0.4 is 10.1 Å². The molecule has 1 aliphatic heterocycles. The number of hydrogen-bond acceptors (Lipinski definition) is 3. The van der Waals surface area contributed by atoms with Crippen molar-refractivity contribution in [3.05, 3.63) is 54.3 Å². The van der Waals surface area contributed by atoms with Gasteiger partial charge in [-0.15, -0.1) is 0 Å². The molecule has 1 aliphatic rings.